The molecule has 0 unspecified atom stereocenters. The summed E-state index contributed by atoms with van der Waals surface area (Å²) < 4.78 is 5.79. The molecule has 1 aromatic heterocycles. The highest BCUT2D eigenvalue weighted by molar-refractivity contribution is 7.10. The second-order valence-corrected chi connectivity index (χ2v) is 13.5. The first-order valence-corrected chi connectivity index (χ1v) is 16.9. The van der Waals surface area contributed by atoms with E-state index < -0.39 is 53.8 Å². The Morgan fingerprint density at radius 3 is 2.59 bits per heavy atom. The van der Waals surface area contributed by atoms with Crippen molar-refractivity contribution in [1.82, 2.24) is 25.8 Å². The number of piperidine rings is 1. The molecular weight excluding hydrogens is 610 g/mol. The Kier molecular flexibility index (Phi) is 10.6. The maximum Gasteiger partial charge on any atom is 0.258 e. The summed E-state index contributed by atoms with van der Waals surface area (Å²) in [5, 5.41) is 20.3. The maximum atomic E-state index is 13.4. The van der Waals surface area contributed by atoms with E-state index in [2.05, 4.69) is 22.9 Å². The summed E-state index contributed by atoms with van der Waals surface area (Å²) in [5.41, 5.74) is 1.20. The zero-order chi connectivity index (χ0) is 32.8. The normalized spacial score (nSPS) is 24.5. The van der Waals surface area contributed by atoms with Gasteiger partial charge in [0.1, 0.15) is 23.9 Å². The second-order valence-electron chi connectivity index (χ2n) is 12.5. The van der Waals surface area contributed by atoms with Crippen molar-refractivity contribution in [3.8, 4) is 5.75 Å². The van der Waals surface area contributed by atoms with Gasteiger partial charge in [0.25, 0.3) is 11.8 Å². The van der Waals surface area contributed by atoms with Crippen molar-refractivity contribution in [2.45, 2.75) is 70.5 Å². The van der Waals surface area contributed by atoms with E-state index in [1.165, 1.54) is 4.90 Å². The summed E-state index contributed by atoms with van der Waals surface area (Å²) in [6, 6.07) is 6.46. The van der Waals surface area contributed by atoms with Gasteiger partial charge in [0.2, 0.25) is 17.7 Å². The summed E-state index contributed by atoms with van der Waals surface area (Å²) in [7, 11) is 0. The van der Waals surface area contributed by atoms with Crippen LogP contribution in [-0.2, 0) is 32.0 Å². The predicted octanol–water partition coefficient (Wildman–Crippen LogP) is 1.26. The third-order valence-electron chi connectivity index (χ3n) is 9.25. The van der Waals surface area contributed by atoms with Crippen LogP contribution in [0.4, 0.5) is 0 Å². The average molecular weight is 654 g/mol. The Morgan fingerprint density at radius 1 is 1.09 bits per heavy atom. The van der Waals surface area contributed by atoms with Gasteiger partial charge in [-0.25, -0.2) is 0 Å². The number of nitrogens with zero attached hydrogens (tertiary/aromatic N) is 2. The molecular formula is C33H43N5O7S. The highest BCUT2D eigenvalue weighted by atomic mass is 32.1. The van der Waals surface area contributed by atoms with Crippen LogP contribution in [0.1, 0.15) is 60.3 Å². The van der Waals surface area contributed by atoms with E-state index >= 15 is 0 Å². The van der Waals surface area contributed by atoms with Crippen molar-refractivity contribution >= 4 is 40.9 Å². The summed E-state index contributed by atoms with van der Waals surface area (Å²) >= 11 is 1.58. The Morgan fingerprint density at radius 2 is 1.87 bits per heavy atom. The number of hydrogen-bond donors (Lipinski definition) is 4. The highest BCUT2D eigenvalue weighted by Gasteiger charge is 2.40. The van der Waals surface area contributed by atoms with Crippen molar-refractivity contribution in [2.24, 2.45) is 5.41 Å². The number of thiophene rings is 1. The maximum absolute atomic E-state index is 13.4. The highest BCUT2D eigenvalue weighted by Crippen LogP contribution is 2.36. The van der Waals surface area contributed by atoms with Crippen LogP contribution in [-0.4, -0.2) is 102 Å². The molecule has 3 atom stereocenters. The van der Waals surface area contributed by atoms with Crippen LogP contribution in [0, 0.1) is 5.41 Å². The molecule has 3 aliphatic rings. The molecule has 4 N–H and O–H groups in total. The first kappa shape index (κ1) is 33.4. The zero-order valence-corrected chi connectivity index (χ0v) is 27.2. The minimum Gasteiger partial charge on any atom is -0.484 e. The number of amides is 5. The molecule has 0 aliphatic carbocycles. The molecule has 4 heterocycles. The standard InChI is InChI=1S/C33H43N5O7S/c1-3-25-15-23(19-46-25)32(44)37-12-9-33(10-13-37)16-22-6-4-7-24(14-22)45-18-28(40)35-21(2)31(43)38-11-5-8-27(38)30(42)36-26(17-39)29(41)34-20-33/h4,6-7,14-15,19,21,26-27,39H,3,5,8-13,16-18,20H2,1-2H3,(H,34,41)(H,35,40)(H,36,42)/t21-,26-,27-/m0/s1. The quantitative estimate of drug-likeness (QED) is 0.389. The largest absolute Gasteiger partial charge is 0.484 e. The number of ether oxygens (including phenoxy) is 1. The van der Waals surface area contributed by atoms with Gasteiger partial charge in [0.05, 0.1) is 12.2 Å². The van der Waals surface area contributed by atoms with E-state index in [0.717, 1.165) is 16.9 Å². The molecule has 13 heteroatoms. The lowest BCUT2D eigenvalue weighted by molar-refractivity contribution is -0.142. The first-order valence-electron chi connectivity index (χ1n) is 16.0. The van der Waals surface area contributed by atoms with E-state index in [4.69, 9.17) is 4.74 Å². The van der Waals surface area contributed by atoms with E-state index in [1.54, 1.807) is 24.3 Å². The monoisotopic (exact) mass is 653 g/mol. The number of aliphatic hydroxyl groups excluding tert-OH is 1. The summed E-state index contributed by atoms with van der Waals surface area (Å²) in [5.74, 6) is -1.44. The molecule has 46 heavy (non-hydrogen) atoms. The number of carbonyl (C=O) groups is 5. The number of likely N-dealkylation sites (tertiary alicyclic amines) is 1. The van der Waals surface area contributed by atoms with E-state index in [-0.39, 0.29) is 19.1 Å². The van der Waals surface area contributed by atoms with Crippen molar-refractivity contribution in [1.29, 1.82) is 0 Å². The first-order chi connectivity index (χ1) is 22.1. The summed E-state index contributed by atoms with van der Waals surface area (Å²) in [6.07, 6.45) is 3.67. The van der Waals surface area contributed by atoms with Gasteiger partial charge in [-0.3, -0.25) is 24.0 Å². The van der Waals surface area contributed by atoms with Gasteiger partial charge < -0.3 is 35.6 Å². The third kappa shape index (κ3) is 7.69. The number of aryl methyl sites for hydroxylation is 1. The fourth-order valence-electron chi connectivity index (χ4n) is 6.54. The molecule has 1 spiro atoms. The summed E-state index contributed by atoms with van der Waals surface area (Å²) in [6.45, 7) is 4.33. The Balaban J connectivity index is 1.37. The molecule has 248 valence electrons. The van der Waals surface area contributed by atoms with Gasteiger partial charge in [-0.05, 0) is 74.6 Å². The number of hydrogen-bond acceptors (Lipinski definition) is 8. The van der Waals surface area contributed by atoms with Gasteiger partial charge in [-0.1, -0.05) is 19.1 Å². The number of aliphatic hydroxyl groups is 1. The molecule has 2 aromatic rings. The summed E-state index contributed by atoms with van der Waals surface area (Å²) in [4.78, 5) is 70.2. The minimum absolute atomic E-state index is 0.00330. The Labute approximate surface area is 272 Å². The minimum atomic E-state index is -1.20. The molecule has 2 saturated heterocycles. The van der Waals surface area contributed by atoms with Crippen LogP contribution >= 0.6 is 11.3 Å². The third-order valence-corrected chi connectivity index (χ3v) is 10.3. The molecule has 0 radical (unpaired) electrons. The lowest BCUT2D eigenvalue weighted by Gasteiger charge is -2.42. The Hall–Kier alpha value is -3.97. The molecule has 0 saturated carbocycles. The number of fused-ring (bicyclic) bond motifs is 3. The van der Waals surface area contributed by atoms with E-state index in [1.807, 2.05) is 34.5 Å². The van der Waals surface area contributed by atoms with Gasteiger partial charge in [0, 0.05) is 36.4 Å². The number of benzene rings is 1. The molecule has 12 nitrogen and oxygen atoms in total. The van der Waals surface area contributed by atoms with Crippen LogP contribution in [0.3, 0.4) is 0 Å². The zero-order valence-electron chi connectivity index (χ0n) is 26.4. The molecule has 5 rings (SSSR count). The topological polar surface area (TPSA) is 157 Å². The fraction of sp³-hybridized carbons (Fsp3) is 0.545. The number of nitrogens with one attached hydrogen (secondary N) is 3. The smallest absolute Gasteiger partial charge is 0.258 e. The number of rotatable bonds is 3. The number of carbonyl (C=O) groups excluding carboxylic acids is 5. The predicted molar refractivity (Wildman–Crippen MR) is 171 cm³/mol. The average Bonchev–Trinajstić information content (AvgIpc) is 3.75. The fourth-order valence-corrected chi connectivity index (χ4v) is 7.35. The Bertz CT molecular complexity index is 1450. The van der Waals surface area contributed by atoms with Crippen LogP contribution < -0.4 is 20.7 Å². The lowest BCUT2D eigenvalue weighted by Crippen LogP contribution is -2.57. The van der Waals surface area contributed by atoms with Gasteiger partial charge in [-0.2, -0.15) is 0 Å². The molecule has 2 fully saturated rings. The lowest BCUT2D eigenvalue weighted by atomic mass is 9.73. The molecule has 5 amide bonds. The van der Waals surface area contributed by atoms with Crippen molar-refractivity contribution in [3.05, 3.63) is 51.7 Å². The molecule has 2 bridgehead atoms. The van der Waals surface area contributed by atoms with Gasteiger partial charge in [0.15, 0.2) is 6.61 Å². The van der Waals surface area contributed by atoms with E-state index in [9.17, 15) is 29.1 Å². The van der Waals surface area contributed by atoms with Gasteiger partial charge in [-0.15, -0.1) is 11.3 Å². The van der Waals surface area contributed by atoms with Crippen LogP contribution in [0.25, 0.3) is 0 Å². The van der Waals surface area contributed by atoms with Crippen LogP contribution in [0.2, 0.25) is 0 Å². The second kappa shape index (κ2) is 14.6. The SMILES string of the molecule is CCc1cc(C(=O)N2CCC3(CC2)CNC(=O)[C@H](CO)NC(=O)[C@@H]2CCCN2C(=O)[C@H](C)NC(=O)COc2cccc(c2)C3)cs1. The van der Waals surface area contributed by atoms with Crippen LogP contribution in [0.5, 0.6) is 5.75 Å². The van der Waals surface area contributed by atoms with Crippen molar-refractivity contribution < 1.29 is 33.8 Å². The van der Waals surface area contributed by atoms with Crippen molar-refractivity contribution in [3.63, 3.8) is 0 Å². The van der Waals surface area contributed by atoms with Gasteiger partial charge >= 0.3 is 0 Å². The van der Waals surface area contributed by atoms with Crippen molar-refractivity contribution in [2.75, 3.05) is 39.4 Å². The molecule has 3 aliphatic heterocycles. The van der Waals surface area contributed by atoms with E-state index in [0.29, 0.717) is 63.1 Å². The molecule has 1 aromatic carbocycles. The van der Waals surface area contributed by atoms with Crippen LogP contribution in [0.15, 0.2) is 35.7 Å².